The van der Waals surface area contributed by atoms with Gasteiger partial charge in [-0.25, -0.2) is 0 Å². The van der Waals surface area contributed by atoms with E-state index in [1.807, 2.05) is 24.3 Å². The monoisotopic (exact) mass is 272 g/mol. The molecule has 96 valence electrons. The average Bonchev–Trinajstić information content (AvgIpc) is 2.46. The second kappa shape index (κ2) is 6.89. The van der Waals surface area contributed by atoms with E-state index in [4.69, 9.17) is 21.6 Å². The van der Waals surface area contributed by atoms with E-state index < -0.39 is 0 Å². The van der Waals surface area contributed by atoms with Crippen molar-refractivity contribution in [2.75, 3.05) is 6.61 Å². The third-order valence-corrected chi connectivity index (χ3v) is 3.02. The standard InChI is InChI=1S/C15H13ClN2O/c16-15-9-12(10-17)4-5-13(15)11-19-8-6-14-3-1-2-7-18-14/h1-5,7,9H,6,8,11H2. The molecule has 1 heterocycles. The van der Waals surface area contributed by atoms with Gasteiger partial charge in [0.2, 0.25) is 0 Å². The summed E-state index contributed by atoms with van der Waals surface area (Å²) in [4.78, 5) is 4.22. The van der Waals surface area contributed by atoms with Crippen LogP contribution in [0.1, 0.15) is 16.8 Å². The first-order chi connectivity index (χ1) is 9.29. The lowest BCUT2D eigenvalue weighted by atomic mass is 10.1. The first kappa shape index (κ1) is 13.5. The molecular weight excluding hydrogens is 260 g/mol. The smallest absolute Gasteiger partial charge is 0.0992 e. The summed E-state index contributed by atoms with van der Waals surface area (Å²) in [7, 11) is 0. The Bertz CT molecular complexity index is 578. The summed E-state index contributed by atoms with van der Waals surface area (Å²) in [5.41, 5.74) is 2.46. The Hall–Kier alpha value is -1.89. The van der Waals surface area contributed by atoms with Crippen molar-refractivity contribution in [2.24, 2.45) is 0 Å². The van der Waals surface area contributed by atoms with Gasteiger partial charge in [-0.2, -0.15) is 5.26 Å². The summed E-state index contributed by atoms with van der Waals surface area (Å²) in [6, 6.07) is 13.1. The second-order valence-electron chi connectivity index (χ2n) is 4.04. The van der Waals surface area contributed by atoms with Gasteiger partial charge in [-0.1, -0.05) is 23.7 Å². The van der Waals surface area contributed by atoms with Crippen molar-refractivity contribution >= 4 is 11.6 Å². The molecule has 0 aliphatic heterocycles. The van der Waals surface area contributed by atoms with Gasteiger partial charge >= 0.3 is 0 Å². The molecule has 0 bridgehead atoms. The van der Waals surface area contributed by atoms with Crippen molar-refractivity contribution in [1.29, 1.82) is 5.26 Å². The minimum Gasteiger partial charge on any atom is -0.376 e. The molecule has 0 aliphatic rings. The van der Waals surface area contributed by atoms with Crippen LogP contribution < -0.4 is 0 Å². The number of ether oxygens (including phenoxy) is 1. The van der Waals surface area contributed by atoms with E-state index in [1.165, 1.54) is 0 Å². The highest BCUT2D eigenvalue weighted by Gasteiger charge is 2.02. The molecule has 0 spiro atoms. The lowest BCUT2D eigenvalue weighted by molar-refractivity contribution is 0.123. The van der Waals surface area contributed by atoms with Gasteiger partial charge in [-0.3, -0.25) is 4.98 Å². The molecule has 0 unspecified atom stereocenters. The first-order valence-corrected chi connectivity index (χ1v) is 6.33. The van der Waals surface area contributed by atoms with Crippen LogP contribution in [0.15, 0.2) is 42.6 Å². The molecule has 2 rings (SSSR count). The summed E-state index contributed by atoms with van der Waals surface area (Å²) in [6.07, 6.45) is 2.54. The maximum Gasteiger partial charge on any atom is 0.0992 e. The zero-order valence-electron chi connectivity index (χ0n) is 10.3. The van der Waals surface area contributed by atoms with Gasteiger partial charge in [0, 0.05) is 23.3 Å². The van der Waals surface area contributed by atoms with Crippen molar-refractivity contribution < 1.29 is 4.74 Å². The average molecular weight is 273 g/mol. The molecule has 0 saturated heterocycles. The highest BCUT2D eigenvalue weighted by molar-refractivity contribution is 6.31. The van der Waals surface area contributed by atoms with Gasteiger partial charge in [0.1, 0.15) is 0 Å². The molecular formula is C15H13ClN2O. The van der Waals surface area contributed by atoms with Crippen LogP contribution in [-0.4, -0.2) is 11.6 Å². The van der Waals surface area contributed by atoms with Crippen LogP contribution in [0.4, 0.5) is 0 Å². The zero-order valence-corrected chi connectivity index (χ0v) is 11.1. The Morgan fingerprint density at radius 2 is 2.16 bits per heavy atom. The van der Waals surface area contributed by atoms with Crippen molar-refractivity contribution in [2.45, 2.75) is 13.0 Å². The van der Waals surface area contributed by atoms with Crippen LogP contribution >= 0.6 is 11.6 Å². The largest absolute Gasteiger partial charge is 0.376 e. The number of halogens is 1. The molecule has 0 atom stereocenters. The molecule has 0 aliphatic carbocycles. The van der Waals surface area contributed by atoms with Crippen molar-refractivity contribution in [1.82, 2.24) is 4.98 Å². The number of aromatic nitrogens is 1. The van der Waals surface area contributed by atoms with Crippen molar-refractivity contribution in [3.63, 3.8) is 0 Å². The molecule has 19 heavy (non-hydrogen) atoms. The highest BCUT2D eigenvalue weighted by atomic mass is 35.5. The molecule has 1 aromatic carbocycles. The molecule has 0 radical (unpaired) electrons. The van der Waals surface area contributed by atoms with E-state index in [1.54, 1.807) is 18.3 Å². The number of nitriles is 1. The van der Waals surface area contributed by atoms with E-state index in [0.717, 1.165) is 17.7 Å². The minimum absolute atomic E-state index is 0.442. The molecule has 0 N–H and O–H groups in total. The van der Waals surface area contributed by atoms with Gasteiger partial charge in [0.15, 0.2) is 0 Å². The van der Waals surface area contributed by atoms with Gasteiger partial charge in [-0.15, -0.1) is 0 Å². The summed E-state index contributed by atoms with van der Waals surface area (Å²) in [5, 5.41) is 9.31. The van der Waals surface area contributed by atoms with Gasteiger partial charge in [0.05, 0.1) is 24.8 Å². The van der Waals surface area contributed by atoms with E-state index in [-0.39, 0.29) is 0 Å². The molecule has 0 saturated carbocycles. The Morgan fingerprint density at radius 3 is 2.84 bits per heavy atom. The van der Waals surface area contributed by atoms with Crippen LogP contribution in [0.5, 0.6) is 0 Å². The third kappa shape index (κ3) is 4.06. The third-order valence-electron chi connectivity index (χ3n) is 2.67. The molecule has 2 aromatic rings. The SMILES string of the molecule is N#Cc1ccc(COCCc2ccccn2)c(Cl)c1. The molecule has 3 nitrogen and oxygen atoms in total. The Labute approximate surface area is 117 Å². The van der Waals surface area contributed by atoms with Gasteiger partial charge < -0.3 is 4.74 Å². The van der Waals surface area contributed by atoms with E-state index in [9.17, 15) is 0 Å². The number of hydrogen-bond donors (Lipinski definition) is 0. The normalized spacial score (nSPS) is 10.1. The first-order valence-electron chi connectivity index (χ1n) is 5.96. The van der Waals surface area contributed by atoms with Gasteiger partial charge in [-0.05, 0) is 29.8 Å². The Morgan fingerprint density at radius 1 is 1.26 bits per heavy atom. The Balaban J connectivity index is 1.82. The van der Waals surface area contributed by atoms with E-state index in [2.05, 4.69) is 11.1 Å². The van der Waals surface area contributed by atoms with Crippen LogP contribution in [0.2, 0.25) is 5.02 Å². The Kier molecular flexibility index (Phi) is 4.91. The van der Waals surface area contributed by atoms with E-state index in [0.29, 0.717) is 23.8 Å². The maximum atomic E-state index is 8.75. The van der Waals surface area contributed by atoms with E-state index >= 15 is 0 Å². The van der Waals surface area contributed by atoms with Crippen LogP contribution in [0.3, 0.4) is 0 Å². The minimum atomic E-state index is 0.442. The number of benzene rings is 1. The summed E-state index contributed by atoms with van der Waals surface area (Å²) in [5.74, 6) is 0. The van der Waals surface area contributed by atoms with Gasteiger partial charge in [0.25, 0.3) is 0 Å². The summed E-state index contributed by atoms with van der Waals surface area (Å²) >= 11 is 6.06. The summed E-state index contributed by atoms with van der Waals surface area (Å²) < 4.78 is 5.57. The second-order valence-corrected chi connectivity index (χ2v) is 4.45. The lowest BCUT2D eigenvalue weighted by Gasteiger charge is -2.06. The van der Waals surface area contributed by atoms with Crippen LogP contribution in [0, 0.1) is 11.3 Å². The van der Waals surface area contributed by atoms with Crippen LogP contribution in [-0.2, 0) is 17.8 Å². The number of pyridine rings is 1. The molecule has 0 amide bonds. The highest BCUT2D eigenvalue weighted by Crippen LogP contribution is 2.18. The zero-order chi connectivity index (χ0) is 13.5. The number of rotatable bonds is 5. The number of nitrogens with zero attached hydrogens (tertiary/aromatic N) is 2. The summed E-state index contributed by atoms with van der Waals surface area (Å²) in [6.45, 7) is 1.03. The van der Waals surface area contributed by atoms with Crippen LogP contribution in [0.25, 0.3) is 0 Å². The molecule has 0 fully saturated rings. The molecule has 4 heteroatoms. The lowest BCUT2D eigenvalue weighted by Crippen LogP contribution is -2.01. The fourth-order valence-corrected chi connectivity index (χ4v) is 1.87. The quantitative estimate of drug-likeness (QED) is 0.784. The fourth-order valence-electron chi connectivity index (χ4n) is 1.64. The topological polar surface area (TPSA) is 45.9 Å². The maximum absolute atomic E-state index is 8.75. The van der Waals surface area contributed by atoms with Crippen molar-refractivity contribution in [3.8, 4) is 6.07 Å². The van der Waals surface area contributed by atoms with Crippen molar-refractivity contribution in [3.05, 3.63) is 64.4 Å². The molecule has 1 aromatic heterocycles. The fraction of sp³-hybridized carbons (Fsp3) is 0.200. The number of hydrogen-bond acceptors (Lipinski definition) is 3. The predicted molar refractivity (Wildman–Crippen MR) is 73.8 cm³/mol. The predicted octanol–water partition coefficient (Wildman–Crippen LogP) is 3.37.